The Balaban J connectivity index is 1.85. The maximum atomic E-state index is 10.9. The fourth-order valence-electron chi connectivity index (χ4n) is 2.23. The van der Waals surface area contributed by atoms with Crippen molar-refractivity contribution < 1.29 is 19.4 Å². The minimum Gasteiger partial charge on any atom is -0.478 e. The third-order valence-corrected chi connectivity index (χ3v) is 3.28. The minimum atomic E-state index is -0.979. The Hall–Kier alpha value is -2.21. The quantitative estimate of drug-likeness (QED) is 0.916. The van der Waals surface area contributed by atoms with E-state index in [1.807, 2.05) is 0 Å². The fraction of sp³-hybridized carbons (Fsp3) is 0.357. The second-order valence-corrected chi connectivity index (χ2v) is 4.66. The highest BCUT2D eigenvalue weighted by atomic mass is 16.5. The molecule has 1 atom stereocenters. The van der Waals surface area contributed by atoms with Crippen LogP contribution in [0.5, 0.6) is 5.88 Å². The second-order valence-electron chi connectivity index (χ2n) is 4.66. The molecule has 1 aliphatic heterocycles. The zero-order chi connectivity index (χ0) is 13.9. The van der Waals surface area contributed by atoms with Crippen molar-refractivity contribution in [2.45, 2.75) is 18.9 Å². The standard InChI is InChI=1S/C14H14N2O4/c17-14(18)9-3-4-11-12(6-9)15-8-16-13(11)20-7-10-2-1-5-19-10/h3-4,6,8,10H,1-2,5,7H2,(H,17,18). The highest BCUT2D eigenvalue weighted by Crippen LogP contribution is 2.23. The Kier molecular flexibility index (Phi) is 3.47. The van der Waals surface area contributed by atoms with E-state index in [0.29, 0.717) is 23.4 Å². The van der Waals surface area contributed by atoms with Gasteiger partial charge in [-0.25, -0.2) is 14.8 Å². The predicted octanol–water partition coefficient (Wildman–Crippen LogP) is 1.89. The van der Waals surface area contributed by atoms with Crippen LogP contribution in [-0.2, 0) is 4.74 Å². The van der Waals surface area contributed by atoms with Gasteiger partial charge in [-0.3, -0.25) is 0 Å². The molecule has 0 spiro atoms. The van der Waals surface area contributed by atoms with Crippen LogP contribution in [0.15, 0.2) is 24.5 Å². The van der Waals surface area contributed by atoms with Gasteiger partial charge in [0.1, 0.15) is 12.9 Å². The van der Waals surface area contributed by atoms with Crippen LogP contribution < -0.4 is 4.74 Å². The van der Waals surface area contributed by atoms with Crippen molar-refractivity contribution in [3.63, 3.8) is 0 Å². The molecule has 6 nitrogen and oxygen atoms in total. The summed E-state index contributed by atoms with van der Waals surface area (Å²) < 4.78 is 11.2. The lowest BCUT2D eigenvalue weighted by molar-refractivity contribution is 0.0669. The van der Waals surface area contributed by atoms with Crippen LogP contribution >= 0.6 is 0 Å². The molecule has 0 saturated carbocycles. The Bertz CT molecular complexity index is 638. The number of hydrogen-bond donors (Lipinski definition) is 1. The summed E-state index contributed by atoms with van der Waals surface area (Å²) in [6.07, 6.45) is 3.53. The average molecular weight is 274 g/mol. The molecular formula is C14H14N2O4. The maximum absolute atomic E-state index is 10.9. The smallest absolute Gasteiger partial charge is 0.335 e. The lowest BCUT2D eigenvalue weighted by Crippen LogP contribution is -2.16. The van der Waals surface area contributed by atoms with Gasteiger partial charge in [0.25, 0.3) is 0 Å². The number of benzene rings is 1. The van der Waals surface area contributed by atoms with Crippen molar-refractivity contribution in [1.82, 2.24) is 9.97 Å². The monoisotopic (exact) mass is 274 g/mol. The third-order valence-electron chi connectivity index (χ3n) is 3.28. The highest BCUT2D eigenvalue weighted by Gasteiger charge is 2.17. The number of carboxylic acid groups (broad SMARTS) is 1. The van der Waals surface area contributed by atoms with E-state index in [-0.39, 0.29) is 11.7 Å². The van der Waals surface area contributed by atoms with E-state index in [2.05, 4.69) is 9.97 Å². The van der Waals surface area contributed by atoms with Gasteiger partial charge in [0.15, 0.2) is 0 Å². The van der Waals surface area contributed by atoms with Crippen LogP contribution in [0, 0.1) is 0 Å². The van der Waals surface area contributed by atoms with Crippen LogP contribution in [0.25, 0.3) is 10.9 Å². The number of hydrogen-bond acceptors (Lipinski definition) is 5. The molecule has 1 aromatic heterocycles. The molecule has 0 amide bonds. The zero-order valence-corrected chi connectivity index (χ0v) is 10.8. The lowest BCUT2D eigenvalue weighted by atomic mass is 10.1. The summed E-state index contributed by atoms with van der Waals surface area (Å²) in [7, 11) is 0. The van der Waals surface area contributed by atoms with Gasteiger partial charge >= 0.3 is 5.97 Å². The van der Waals surface area contributed by atoms with Crippen molar-refractivity contribution >= 4 is 16.9 Å². The Labute approximate surface area is 115 Å². The third kappa shape index (κ3) is 2.55. The summed E-state index contributed by atoms with van der Waals surface area (Å²) in [6, 6.07) is 4.70. The molecule has 1 fully saturated rings. The Morgan fingerprint density at radius 2 is 2.35 bits per heavy atom. The molecule has 0 aliphatic carbocycles. The van der Waals surface area contributed by atoms with Gasteiger partial charge in [0.05, 0.1) is 22.6 Å². The summed E-state index contributed by atoms with van der Waals surface area (Å²) in [5.74, 6) is -0.519. The first-order chi connectivity index (χ1) is 9.74. The fourth-order valence-corrected chi connectivity index (χ4v) is 2.23. The molecule has 0 bridgehead atoms. The Morgan fingerprint density at radius 3 is 3.10 bits per heavy atom. The van der Waals surface area contributed by atoms with Gasteiger partial charge in [-0.05, 0) is 31.0 Å². The first-order valence-corrected chi connectivity index (χ1v) is 6.46. The molecule has 3 rings (SSSR count). The molecule has 1 saturated heterocycles. The highest BCUT2D eigenvalue weighted by molar-refractivity contribution is 5.94. The number of nitrogens with zero attached hydrogens (tertiary/aromatic N) is 2. The van der Waals surface area contributed by atoms with Crippen molar-refractivity contribution in [3.8, 4) is 5.88 Å². The molecule has 0 radical (unpaired) electrons. The van der Waals surface area contributed by atoms with Crippen LogP contribution in [0.3, 0.4) is 0 Å². The molecule has 104 valence electrons. The van der Waals surface area contributed by atoms with Gasteiger partial charge in [0.2, 0.25) is 5.88 Å². The van der Waals surface area contributed by atoms with Gasteiger partial charge in [0, 0.05) is 6.61 Å². The van der Waals surface area contributed by atoms with Crippen LogP contribution in [0.2, 0.25) is 0 Å². The largest absolute Gasteiger partial charge is 0.478 e. The molecule has 1 N–H and O–H groups in total. The SMILES string of the molecule is O=C(O)c1ccc2c(OCC3CCCO3)ncnc2c1. The predicted molar refractivity (Wildman–Crippen MR) is 71.0 cm³/mol. The minimum absolute atomic E-state index is 0.110. The van der Waals surface area contributed by atoms with Gasteiger partial charge in [-0.1, -0.05) is 0 Å². The normalized spacial score (nSPS) is 18.3. The zero-order valence-electron chi connectivity index (χ0n) is 10.8. The van der Waals surface area contributed by atoms with E-state index in [4.69, 9.17) is 14.6 Å². The van der Waals surface area contributed by atoms with E-state index in [0.717, 1.165) is 19.4 Å². The first-order valence-electron chi connectivity index (χ1n) is 6.46. The van der Waals surface area contributed by atoms with Gasteiger partial charge in [-0.2, -0.15) is 0 Å². The summed E-state index contributed by atoms with van der Waals surface area (Å²) in [5.41, 5.74) is 0.753. The second kappa shape index (κ2) is 5.42. The molecule has 1 aliphatic rings. The average Bonchev–Trinajstić information content (AvgIpc) is 2.97. The molecule has 1 aromatic carbocycles. The van der Waals surface area contributed by atoms with Crippen molar-refractivity contribution in [3.05, 3.63) is 30.1 Å². The van der Waals surface area contributed by atoms with Crippen LogP contribution in [-0.4, -0.2) is 40.4 Å². The lowest BCUT2D eigenvalue weighted by Gasteiger charge is -2.12. The Morgan fingerprint density at radius 1 is 1.45 bits per heavy atom. The number of rotatable bonds is 4. The summed E-state index contributed by atoms with van der Waals surface area (Å²) in [4.78, 5) is 19.1. The number of aromatic carboxylic acids is 1. The maximum Gasteiger partial charge on any atom is 0.335 e. The van der Waals surface area contributed by atoms with E-state index >= 15 is 0 Å². The van der Waals surface area contributed by atoms with Crippen LogP contribution in [0.1, 0.15) is 23.2 Å². The number of aromatic nitrogens is 2. The van der Waals surface area contributed by atoms with Crippen molar-refractivity contribution in [1.29, 1.82) is 0 Å². The number of ether oxygens (including phenoxy) is 2. The molecule has 2 aromatic rings. The number of fused-ring (bicyclic) bond motifs is 1. The topological polar surface area (TPSA) is 81.5 Å². The summed E-state index contributed by atoms with van der Waals surface area (Å²) in [6.45, 7) is 1.23. The summed E-state index contributed by atoms with van der Waals surface area (Å²) >= 11 is 0. The van der Waals surface area contributed by atoms with Crippen molar-refractivity contribution in [2.75, 3.05) is 13.2 Å². The van der Waals surface area contributed by atoms with Crippen LogP contribution in [0.4, 0.5) is 0 Å². The van der Waals surface area contributed by atoms with E-state index < -0.39 is 5.97 Å². The molecule has 6 heteroatoms. The molecule has 20 heavy (non-hydrogen) atoms. The first kappa shape index (κ1) is 12.8. The molecule has 2 heterocycles. The van der Waals surface area contributed by atoms with E-state index in [9.17, 15) is 4.79 Å². The molecular weight excluding hydrogens is 260 g/mol. The van der Waals surface area contributed by atoms with E-state index in [1.54, 1.807) is 6.07 Å². The number of carboxylic acids is 1. The number of carbonyl (C=O) groups is 1. The van der Waals surface area contributed by atoms with Gasteiger partial charge < -0.3 is 14.6 Å². The van der Waals surface area contributed by atoms with Crippen molar-refractivity contribution in [2.24, 2.45) is 0 Å². The molecule has 1 unspecified atom stereocenters. The summed E-state index contributed by atoms with van der Waals surface area (Å²) in [5, 5.41) is 9.67. The van der Waals surface area contributed by atoms with E-state index in [1.165, 1.54) is 18.5 Å². The van der Waals surface area contributed by atoms with Gasteiger partial charge in [-0.15, -0.1) is 0 Å².